The number of unbranched alkanes of at least 4 members (excludes halogenated alkanes) is 1. The fourth-order valence-corrected chi connectivity index (χ4v) is 2.45. The predicted octanol–water partition coefficient (Wildman–Crippen LogP) is 2.17. The fraction of sp³-hybridized carbons (Fsp3) is 0.933. The minimum absolute atomic E-state index is 0.647. The number of nitrogens with zero attached hydrogens (tertiary/aromatic N) is 3. The van der Waals surface area contributed by atoms with E-state index in [0.717, 1.165) is 31.6 Å². The van der Waals surface area contributed by atoms with Gasteiger partial charge in [-0.05, 0) is 33.1 Å². The zero-order valence-electron chi connectivity index (χ0n) is 13.4. The van der Waals surface area contributed by atoms with Crippen molar-refractivity contribution in [1.29, 1.82) is 0 Å². The average molecular weight is 268 g/mol. The van der Waals surface area contributed by atoms with Crippen molar-refractivity contribution in [2.24, 2.45) is 4.99 Å². The lowest BCUT2D eigenvalue weighted by Crippen LogP contribution is -2.44. The Balaban J connectivity index is 2.28. The van der Waals surface area contributed by atoms with Crippen molar-refractivity contribution in [1.82, 2.24) is 15.1 Å². The van der Waals surface area contributed by atoms with Crippen LogP contribution in [0, 0.1) is 0 Å². The van der Waals surface area contributed by atoms with Gasteiger partial charge in [-0.1, -0.05) is 13.3 Å². The lowest BCUT2D eigenvalue weighted by Gasteiger charge is -2.28. The summed E-state index contributed by atoms with van der Waals surface area (Å²) < 4.78 is 0. The van der Waals surface area contributed by atoms with Crippen molar-refractivity contribution >= 4 is 5.96 Å². The molecule has 0 unspecified atom stereocenters. The van der Waals surface area contributed by atoms with Gasteiger partial charge in [-0.15, -0.1) is 0 Å². The summed E-state index contributed by atoms with van der Waals surface area (Å²) in [5.41, 5.74) is 0. The number of rotatable bonds is 8. The minimum Gasteiger partial charge on any atom is -0.355 e. The Morgan fingerprint density at radius 3 is 2.47 bits per heavy atom. The van der Waals surface area contributed by atoms with Gasteiger partial charge in [-0.3, -0.25) is 9.89 Å². The maximum atomic E-state index is 4.36. The SMILES string of the molecule is CCCCN(C)C(=NC)NCCN(C(C)C)C1CC1. The van der Waals surface area contributed by atoms with Crippen LogP contribution in [0.1, 0.15) is 46.5 Å². The molecule has 19 heavy (non-hydrogen) atoms. The average Bonchev–Trinajstić information content (AvgIpc) is 3.20. The second-order valence-corrected chi connectivity index (χ2v) is 5.81. The molecule has 1 N–H and O–H groups in total. The molecule has 0 radical (unpaired) electrons. The fourth-order valence-electron chi connectivity index (χ4n) is 2.45. The maximum absolute atomic E-state index is 4.36. The van der Waals surface area contributed by atoms with Crippen LogP contribution in [0.4, 0.5) is 0 Å². The van der Waals surface area contributed by atoms with Crippen LogP contribution in [0.5, 0.6) is 0 Å². The molecule has 0 spiro atoms. The molecule has 0 saturated heterocycles. The van der Waals surface area contributed by atoms with Gasteiger partial charge in [-0.2, -0.15) is 0 Å². The first-order valence-electron chi connectivity index (χ1n) is 7.77. The van der Waals surface area contributed by atoms with Crippen molar-refractivity contribution in [3.8, 4) is 0 Å². The molecule has 1 fully saturated rings. The Morgan fingerprint density at radius 1 is 1.32 bits per heavy atom. The van der Waals surface area contributed by atoms with Crippen LogP contribution in [0.25, 0.3) is 0 Å². The van der Waals surface area contributed by atoms with Gasteiger partial charge in [0.2, 0.25) is 0 Å². The lowest BCUT2D eigenvalue weighted by atomic mass is 10.3. The van der Waals surface area contributed by atoms with E-state index in [1.54, 1.807) is 0 Å². The van der Waals surface area contributed by atoms with Gasteiger partial charge >= 0.3 is 0 Å². The molecule has 0 aromatic heterocycles. The number of hydrogen-bond acceptors (Lipinski definition) is 2. The summed E-state index contributed by atoms with van der Waals surface area (Å²) in [5, 5.41) is 3.48. The van der Waals surface area contributed by atoms with E-state index in [2.05, 4.69) is 47.9 Å². The van der Waals surface area contributed by atoms with Crippen LogP contribution < -0.4 is 5.32 Å². The molecule has 4 heteroatoms. The Morgan fingerprint density at radius 2 is 2.00 bits per heavy atom. The van der Waals surface area contributed by atoms with E-state index >= 15 is 0 Å². The Hall–Kier alpha value is -0.770. The van der Waals surface area contributed by atoms with Crippen LogP contribution >= 0.6 is 0 Å². The van der Waals surface area contributed by atoms with Crippen molar-refractivity contribution in [3.63, 3.8) is 0 Å². The molecule has 0 bridgehead atoms. The van der Waals surface area contributed by atoms with Crippen molar-refractivity contribution in [2.45, 2.75) is 58.5 Å². The molecule has 4 nitrogen and oxygen atoms in total. The molecule has 1 aliphatic rings. The first kappa shape index (κ1) is 16.3. The van der Waals surface area contributed by atoms with E-state index in [4.69, 9.17) is 0 Å². The molecule has 1 saturated carbocycles. The molecule has 0 aromatic rings. The Kier molecular flexibility index (Phi) is 7.21. The molecule has 0 aromatic carbocycles. The first-order valence-corrected chi connectivity index (χ1v) is 7.77. The van der Waals surface area contributed by atoms with Gasteiger partial charge < -0.3 is 10.2 Å². The van der Waals surface area contributed by atoms with Gasteiger partial charge in [-0.25, -0.2) is 0 Å². The Bertz CT molecular complexity index is 269. The van der Waals surface area contributed by atoms with E-state index < -0.39 is 0 Å². The monoisotopic (exact) mass is 268 g/mol. The standard InChI is InChI=1S/C15H32N4/c1-6-7-11-18(5)15(16-4)17-10-12-19(13(2)3)14-8-9-14/h13-14H,6-12H2,1-5H3,(H,16,17). The molecule has 1 aliphatic carbocycles. The van der Waals surface area contributed by atoms with E-state index in [0.29, 0.717) is 6.04 Å². The van der Waals surface area contributed by atoms with E-state index in [-0.39, 0.29) is 0 Å². The number of aliphatic imine (C=N–C) groups is 1. The summed E-state index contributed by atoms with van der Waals surface area (Å²) in [7, 11) is 3.98. The zero-order valence-corrected chi connectivity index (χ0v) is 13.4. The zero-order chi connectivity index (χ0) is 14.3. The van der Waals surface area contributed by atoms with Gasteiger partial charge in [0.1, 0.15) is 0 Å². The molecule has 0 atom stereocenters. The summed E-state index contributed by atoms with van der Waals surface area (Å²) in [6.07, 6.45) is 5.20. The van der Waals surface area contributed by atoms with Crippen LogP contribution in [-0.4, -0.2) is 61.6 Å². The third-order valence-corrected chi connectivity index (χ3v) is 3.75. The second kappa shape index (κ2) is 8.41. The van der Waals surface area contributed by atoms with Gasteiger partial charge in [0, 0.05) is 45.8 Å². The molecular formula is C15H32N4. The number of guanidine groups is 1. The third kappa shape index (κ3) is 5.81. The largest absolute Gasteiger partial charge is 0.355 e. The number of hydrogen-bond donors (Lipinski definition) is 1. The predicted molar refractivity (Wildman–Crippen MR) is 83.8 cm³/mol. The maximum Gasteiger partial charge on any atom is 0.193 e. The summed E-state index contributed by atoms with van der Waals surface area (Å²) in [6, 6.07) is 1.48. The van der Waals surface area contributed by atoms with Gasteiger partial charge in [0.05, 0.1) is 0 Å². The highest BCUT2D eigenvalue weighted by molar-refractivity contribution is 5.79. The van der Waals surface area contributed by atoms with Crippen LogP contribution in [0.3, 0.4) is 0 Å². The van der Waals surface area contributed by atoms with E-state index in [1.807, 2.05) is 7.05 Å². The topological polar surface area (TPSA) is 30.9 Å². The quantitative estimate of drug-likeness (QED) is 0.541. The normalized spacial score (nSPS) is 16.3. The van der Waals surface area contributed by atoms with Crippen molar-refractivity contribution < 1.29 is 0 Å². The lowest BCUT2D eigenvalue weighted by molar-refractivity contribution is 0.214. The number of nitrogens with one attached hydrogen (secondary N) is 1. The molecule has 0 heterocycles. The van der Waals surface area contributed by atoms with Crippen LogP contribution in [0.15, 0.2) is 4.99 Å². The summed E-state index contributed by atoms with van der Waals surface area (Å²) in [4.78, 5) is 9.18. The van der Waals surface area contributed by atoms with Gasteiger partial charge in [0.15, 0.2) is 5.96 Å². The van der Waals surface area contributed by atoms with E-state index in [1.165, 1.54) is 25.7 Å². The van der Waals surface area contributed by atoms with Crippen molar-refractivity contribution in [2.75, 3.05) is 33.7 Å². The van der Waals surface area contributed by atoms with Crippen molar-refractivity contribution in [3.05, 3.63) is 0 Å². The van der Waals surface area contributed by atoms with E-state index in [9.17, 15) is 0 Å². The Labute approximate surface area is 119 Å². The first-order chi connectivity index (χ1) is 9.10. The highest BCUT2D eigenvalue weighted by Gasteiger charge is 2.30. The summed E-state index contributed by atoms with van der Waals surface area (Å²) in [6.45, 7) is 9.98. The van der Waals surface area contributed by atoms with Crippen LogP contribution in [-0.2, 0) is 0 Å². The second-order valence-electron chi connectivity index (χ2n) is 5.81. The molecular weight excluding hydrogens is 236 g/mol. The summed E-state index contributed by atoms with van der Waals surface area (Å²) in [5.74, 6) is 1.02. The molecule has 0 aliphatic heterocycles. The molecule has 1 rings (SSSR count). The molecule has 0 amide bonds. The minimum atomic E-state index is 0.647. The van der Waals surface area contributed by atoms with Crippen LogP contribution in [0.2, 0.25) is 0 Å². The highest BCUT2D eigenvalue weighted by atomic mass is 15.3. The third-order valence-electron chi connectivity index (χ3n) is 3.75. The summed E-state index contributed by atoms with van der Waals surface area (Å²) >= 11 is 0. The highest BCUT2D eigenvalue weighted by Crippen LogP contribution is 2.27. The smallest absolute Gasteiger partial charge is 0.193 e. The molecule has 112 valence electrons. The van der Waals surface area contributed by atoms with Gasteiger partial charge in [0.25, 0.3) is 0 Å².